The van der Waals surface area contributed by atoms with E-state index in [1.807, 2.05) is 12.1 Å². The number of rotatable bonds is 7. The molecule has 0 radical (unpaired) electrons. The second-order valence-electron chi connectivity index (χ2n) is 6.91. The van der Waals surface area contributed by atoms with Gasteiger partial charge in [0.05, 0.1) is 25.0 Å². The molecular formula is C23H24N2O6S. The van der Waals surface area contributed by atoms with Gasteiger partial charge in [0.25, 0.3) is 0 Å². The highest BCUT2D eigenvalue weighted by Crippen LogP contribution is 2.34. The molecule has 0 fully saturated rings. The van der Waals surface area contributed by atoms with E-state index in [0.717, 1.165) is 5.56 Å². The van der Waals surface area contributed by atoms with E-state index in [9.17, 15) is 19.8 Å². The van der Waals surface area contributed by atoms with Crippen molar-refractivity contribution in [3.63, 3.8) is 0 Å². The van der Waals surface area contributed by atoms with Crippen LogP contribution >= 0.6 is 11.8 Å². The molecule has 0 saturated heterocycles. The predicted octanol–water partition coefficient (Wildman–Crippen LogP) is 3.56. The predicted molar refractivity (Wildman–Crippen MR) is 122 cm³/mol. The van der Waals surface area contributed by atoms with Gasteiger partial charge < -0.3 is 25.0 Å². The Morgan fingerprint density at radius 1 is 1.12 bits per heavy atom. The number of nitrogens with one attached hydrogen (secondary N) is 1. The number of ether oxygens (including phenoxy) is 2. The molecular weight excluding hydrogens is 432 g/mol. The third-order valence-corrected chi connectivity index (χ3v) is 5.67. The van der Waals surface area contributed by atoms with Crippen LogP contribution in [-0.4, -0.2) is 46.6 Å². The summed E-state index contributed by atoms with van der Waals surface area (Å²) in [6.07, 6.45) is 0. The van der Waals surface area contributed by atoms with E-state index >= 15 is 0 Å². The van der Waals surface area contributed by atoms with Crippen LogP contribution in [0.15, 0.2) is 58.7 Å². The molecule has 9 heteroatoms. The number of allylic oxidation sites excluding steroid dienone is 1. The minimum Gasteiger partial charge on any atom is -0.504 e. The van der Waals surface area contributed by atoms with Gasteiger partial charge in [-0.15, -0.1) is 0 Å². The molecule has 2 aromatic rings. The Labute approximate surface area is 190 Å². The number of hydrogen-bond donors (Lipinski definition) is 3. The molecule has 3 N–H and O–H groups in total. The number of benzene rings is 2. The molecule has 0 unspecified atom stereocenters. The van der Waals surface area contributed by atoms with Crippen molar-refractivity contribution in [1.82, 2.24) is 5.32 Å². The number of hydrogen-bond acceptors (Lipinski definition) is 9. The van der Waals surface area contributed by atoms with Crippen molar-refractivity contribution in [1.29, 1.82) is 0 Å². The van der Waals surface area contributed by atoms with Gasteiger partial charge in [0.2, 0.25) is 0 Å². The monoisotopic (exact) mass is 456 g/mol. The molecule has 0 aromatic heterocycles. The fraction of sp³-hybridized carbons (Fsp3) is 0.261. The Hall–Kier alpha value is -3.46. The lowest BCUT2D eigenvalue weighted by atomic mass is 9.96. The van der Waals surface area contributed by atoms with Crippen LogP contribution in [0.4, 0.5) is 0 Å². The number of Topliss-reactive ketones (excluding diaryl/α,β-unsaturated/α-hetero) is 1. The Kier molecular flexibility index (Phi) is 7.42. The van der Waals surface area contributed by atoms with Crippen LogP contribution in [-0.2, 0) is 9.53 Å². The average Bonchev–Trinajstić information content (AvgIpc) is 2.79. The van der Waals surface area contributed by atoms with Gasteiger partial charge in [-0.05, 0) is 49.7 Å². The first-order valence-electron chi connectivity index (χ1n) is 9.88. The largest absolute Gasteiger partial charge is 0.504 e. The first kappa shape index (κ1) is 23.2. The number of methoxy groups -OCH3 is 1. The van der Waals surface area contributed by atoms with Crippen molar-refractivity contribution < 1.29 is 29.3 Å². The normalized spacial score (nSPS) is 15.6. The first-order valence-corrected chi connectivity index (χ1v) is 10.9. The zero-order chi connectivity index (χ0) is 23.3. The van der Waals surface area contributed by atoms with Gasteiger partial charge in [-0.2, -0.15) is 0 Å². The van der Waals surface area contributed by atoms with Gasteiger partial charge in [-0.1, -0.05) is 23.9 Å². The van der Waals surface area contributed by atoms with Gasteiger partial charge in [0.15, 0.2) is 22.4 Å². The van der Waals surface area contributed by atoms with E-state index in [-0.39, 0.29) is 35.2 Å². The third-order valence-electron chi connectivity index (χ3n) is 4.78. The highest BCUT2D eigenvalue weighted by molar-refractivity contribution is 8.14. The molecule has 2 aromatic carbocycles. The fourth-order valence-electron chi connectivity index (χ4n) is 3.14. The molecule has 168 valence electrons. The molecule has 0 aliphatic carbocycles. The zero-order valence-electron chi connectivity index (χ0n) is 17.9. The molecule has 0 saturated carbocycles. The Morgan fingerprint density at radius 3 is 2.47 bits per heavy atom. The SMILES string of the molecule is CCOC(=O)C1=C(C)NC(SCC(=O)c2ccc(O)c(O)c2)=N[C@@H]1c1ccc(OC)cc1. The number of aliphatic imine (C=N–C) groups is 1. The summed E-state index contributed by atoms with van der Waals surface area (Å²) in [6, 6.07) is 10.6. The Balaban J connectivity index is 1.83. The maximum atomic E-state index is 12.6. The smallest absolute Gasteiger partial charge is 0.338 e. The average molecular weight is 457 g/mol. The van der Waals surface area contributed by atoms with Crippen molar-refractivity contribution in [2.75, 3.05) is 19.5 Å². The summed E-state index contributed by atoms with van der Waals surface area (Å²) in [4.78, 5) is 29.8. The topological polar surface area (TPSA) is 117 Å². The van der Waals surface area contributed by atoms with Gasteiger partial charge in [-0.25, -0.2) is 9.79 Å². The molecule has 1 heterocycles. The highest BCUT2D eigenvalue weighted by atomic mass is 32.2. The van der Waals surface area contributed by atoms with E-state index in [2.05, 4.69) is 10.3 Å². The van der Waals surface area contributed by atoms with Crippen LogP contribution in [0.3, 0.4) is 0 Å². The number of esters is 1. The molecule has 0 spiro atoms. The van der Waals surface area contributed by atoms with Crippen LogP contribution in [0, 0.1) is 0 Å². The Bertz CT molecular complexity index is 1080. The van der Waals surface area contributed by atoms with Gasteiger partial charge in [-0.3, -0.25) is 4.79 Å². The number of phenols is 2. The zero-order valence-corrected chi connectivity index (χ0v) is 18.7. The van der Waals surface area contributed by atoms with Gasteiger partial charge >= 0.3 is 5.97 Å². The van der Waals surface area contributed by atoms with Crippen LogP contribution in [0.25, 0.3) is 0 Å². The lowest BCUT2D eigenvalue weighted by Gasteiger charge is -2.25. The van der Waals surface area contributed by atoms with Crippen molar-refractivity contribution >= 4 is 28.7 Å². The van der Waals surface area contributed by atoms with E-state index in [1.54, 1.807) is 33.1 Å². The summed E-state index contributed by atoms with van der Waals surface area (Å²) >= 11 is 1.18. The second kappa shape index (κ2) is 10.2. The second-order valence-corrected chi connectivity index (χ2v) is 7.87. The third kappa shape index (κ3) is 5.23. The van der Waals surface area contributed by atoms with Crippen molar-refractivity contribution in [2.24, 2.45) is 4.99 Å². The number of aromatic hydroxyl groups is 2. The van der Waals surface area contributed by atoms with E-state index in [1.165, 1.54) is 30.0 Å². The maximum Gasteiger partial charge on any atom is 0.338 e. The number of amidine groups is 1. The molecule has 1 aliphatic rings. The molecule has 8 nitrogen and oxygen atoms in total. The first-order chi connectivity index (χ1) is 15.3. The number of carbonyl (C=O) groups is 2. The van der Waals surface area contributed by atoms with Crippen LogP contribution in [0.2, 0.25) is 0 Å². The quantitative estimate of drug-likeness (QED) is 0.329. The molecule has 1 aliphatic heterocycles. The molecule has 3 rings (SSSR count). The van der Waals surface area contributed by atoms with Crippen molar-refractivity contribution in [3.05, 3.63) is 64.9 Å². The number of nitrogens with zero attached hydrogens (tertiary/aromatic N) is 1. The Morgan fingerprint density at radius 2 is 1.84 bits per heavy atom. The standard InChI is InChI=1S/C23H24N2O6S/c1-4-31-22(29)20-13(2)24-23(25-21(20)14-5-8-16(30-3)9-6-14)32-12-19(28)15-7-10-17(26)18(27)11-15/h5-11,21,26-27H,4,12H2,1-3H3,(H,24,25)/t21-/m1/s1. The van der Waals surface area contributed by atoms with Gasteiger partial charge in [0.1, 0.15) is 11.8 Å². The van der Waals surface area contributed by atoms with E-state index < -0.39 is 12.0 Å². The summed E-state index contributed by atoms with van der Waals surface area (Å²) in [6.45, 7) is 3.74. The van der Waals surface area contributed by atoms with Crippen molar-refractivity contribution in [2.45, 2.75) is 19.9 Å². The number of carbonyl (C=O) groups excluding carboxylic acids is 2. The summed E-state index contributed by atoms with van der Waals surface area (Å²) in [5.74, 6) is -0.612. The lowest BCUT2D eigenvalue weighted by molar-refractivity contribution is -0.138. The molecule has 32 heavy (non-hydrogen) atoms. The van der Waals surface area contributed by atoms with Crippen LogP contribution in [0.5, 0.6) is 17.2 Å². The minimum absolute atomic E-state index is 0.0490. The summed E-state index contributed by atoms with van der Waals surface area (Å²) in [5.41, 5.74) is 2.05. The molecule has 0 amide bonds. The summed E-state index contributed by atoms with van der Waals surface area (Å²) in [5, 5.41) is 22.6. The number of phenolic OH excluding ortho intramolecular Hbond substituents is 2. The maximum absolute atomic E-state index is 12.6. The molecule has 1 atom stereocenters. The summed E-state index contributed by atoms with van der Waals surface area (Å²) in [7, 11) is 1.57. The van der Waals surface area contributed by atoms with E-state index in [4.69, 9.17) is 9.47 Å². The van der Waals surface area contributed by atoms with Crippen LogP contribution < -0.4 is 10.1 Å². The fourth-order valence-corrected chi connectivity index (χ4v) is 3.98. The highest BCUT2D eigenvalue weighted by Gasteiger charge is 2.30. The minimum atomic E-state index is -0.600. The van der Waals surface area contributed by atoms with Crippen LogP contribution in [0.1, 0.15) is 35.8 Å². The number of ketones is 1. The number of thioether (sulfide) groups is 1. The summed E-state index contributed by atoms with van der Waals surface area (Å²) < 4.78 is 10.4. The molecule has 0 bridgehead atoms. The van der Waals surface area contributed by atoms with Crippen molar-refractivity contribution in [3.8, 4) is 17.2 Å². The van der Waals surface area contributed by atoms with E-state index in [0.29, 0.717) is 22.2 Å². The lowest BCUT2D eigenvalue weighted by Crippen LogP contribution is -2.31. The van der Waals surface area contributed by atoms with Gasteiger partial charge in [0, 0.05) is 11.3 Å².